The van der Waals surface area contributed by atoms with Gasteiger partial charge in [-0.15, -0.1) is 0 Å². The summed E-state index contributed by atoms with van der Waals surface area (Å²) in [7, 11) is 0. The van der Waals surface area contributed by atoms with Crippen LogP contribution >= 0.6 is 0 Å². The molecule has 2 atom stereocenters. The van der Waals surface area contributed by atoms with Crippen molar-refractivity contribution in [2.75, 3.05) is 6.54 Å². The van der Waals surface area contributed by atoms with E-state index in [4.69, 9.17) is 0 Å². The third-order valence-electron chi connectivity index (χ3n) is 5.55. The molecular weight excluding hydrogens is 348 g/mol. The summed E-state index contributed by atoms with van der Waals surface area (Å²) in [6.45, 7) is 2.80. The summed E-state index contributed by atoms with van der Waals surface area (Å²) < 4.78 is 0. The third kappa shape index (κ3) is 3.56. The van der Waals surface area contributed by atoms with Gasteiger partial charge in [0.05, 0.1) is 11.7 Å². The highest BCUT2D eigenvalue weighted by Gasteiger charge is 2.37. The molecule has 3 aromatic rings. The summed E-state index contributed by atoms with van der Waals surface area (Å²) in [5.74, 6) is -0.753. The molecule has 4 heteroatoms. The quantitative estimate of drug-likeness (QED) is 0.706. The van der Waals surface area contributed by atoms with E-state index >= 15 is 0 Å². The first-order valence-electron chi connectivity index (χ1n) is 9.70. The second kappa shape index (κ2) is 7.95. The zero-order chi connectivity index (χ0) is 19.5. The van der Waals surface area contributed by atoms with Gasteiger partial charge in [0.2, 0.25) is 0 Å². The second-order valence-corrected chi connectivity index (χ2v) is 7.33. The summed E-state index contributed by atoms with van der Waals surface area (Å²) in [5.41, 5.74) is 5.41. The number of aromatic nitrogens is 1. The van der Waals surface area contributed by atoms with Crippen LogP contribution in [0, 0.1) is 6.92 Å². The topological polar surface area (TPSA) is 53.4 Å². The van der Waals surface area contributed by atoms with Gasteiger partial charge in [0, 0.05) is 12.7 Å². The first-order valence-corrected chi connectivity index (χ1v) is 9.70. The molecule has 1 aliphatic heterocycles. The van der Waals surface area contributed by atoms with Crippen LogP contribution in [0.5, 0.6) is 0 Å². The molecule has 4 rings (SSSR count). The standard InChI is InChI=1S/C24H24N2O2/c1-17-7-5-15-25-22(17)23(26-16-6-10-21(26)24(27)28)20-13-11-19(12-14-20)18-8-3-2-4-9-18/h2-5,7-9,11-15,21,23H,6,10,16H2,1H3,(H,27,28). The number of carbonyl (C=O) groups is 1. The van der Waals surface area contributed by atoms with Crippen LogP contribution in [-0.2, 0) is 4.79 Å². The third-order valence-corrected chi connectivity index (χ3v) is 5.55. The van der Waals surface area contributed by atoms with Crippen LogP contribution < -0.4 is 0 Å². The molecule has 142 valence electrons. The Morgan fingerprint density at radius 2 is 1.75 bits per heavy atom. The van der Waals surface area contributed by atoms with E-state index in [9.17, 15) is 9.90 Å². The SMILES string of the molecule is Cc1cccnc1C(c1ccc(-c2ccccc2)cc1)N1CCCC1C(=O)O. The Morgan fingerprint density at radius 1 is 1.04 bits per heavy atom. The Kier molecular flexibility index (Phi) is 5.22. The van der Waals surface area contributed by atoms with E-state index in [1.807, 2.05) is 37.3 Å². The van der Waals surface area contributed by atoms with Crippen molar-refractivity contribution in [3.05, 3.63) is 89.7 Å². The zero-order valence-electron chi connectivity index (χ0n) is 16.0. The molecule has 1 aromatic heterocycles. The van der Waals surface area contributed by atoms with E-state index in [0.717, 1.165) is 35.3 Å². The summed E-state index contributed by atoms with van der Waals surface area (Å²) in [5, 5.41) is 9.73. The molecule has 0 bridgehead atoms. The monoisotopic (exact) mass is 372 g/mol. The van der Waals surface area contributed by atoms with Crippen molar-refractivity contribution in [1.82, 2.24) is 9.88 Å². The number of hydrogen-bond donors (Lipinski definition) is 1. The van der Waals surface area contributed by atoms with Crippen LogP contribution in [-0.4, -0.2) is 33.5 Å². The molecular formula is C24H24N2O2. The van der Waals surface area contributed by atoms with Crippen molar-refractivity contribution in [3.63, 3.8) is 0 Å². The predicted molar refractivity (Wildman–Crippen MR) is 110 cm³/mol. The van der Waals surface area contributed by atoms with Crippen molar-refractivity contribution < 1.29 is 9.90 Å². The average Bonchev–Trinajstić information content (AvgIpc) is 3.21. The van der Waals surface area contributed by atoms with Crippen molar-refractivity contribution in [2.45, 2.75) is 31.8 Å². The summed E-state index contributed by atoms with van der Waals surface area (Å²) in [6.07, 6.45) is 3.36. The van der Waals surface area contributed by atoms with Gasteiger partial charge < -0.3 is 5.11 Å². The minimum Gasteiger partial charge on any atom is -0.480 e. The normalized spacial score (nSPS) is 18.1. The van der Waals surface area contributed by atoms with Crippen molar-refractivity contribution in [3.8, 4) is 11.1 Å². The van der Waals surface area contributed by atoms with Gasteiger partial charge in [-0.1, -0.05) is 60.7 Å². The fourth-order valence-electron chi connectivity index (χ4n) is 4.14. The van der Waals surface area contributed by atoms with Gasteiger partial charge in [-0.2, -0.15) is 0 Å². The highest BCUT2D eigenvalue weighted by Crippen LogP contribution is 2.36. The highest BCUT2D eigenvalue weighted by molar-refractivity contribution is 5.74. The lowest BCUT2D eigenvalue weighted by atomic mass is 9.95. The lowest BCUT2D eigenvalue weighted by Crippen LogP contribution is -2.39. The van der Waals surface area contributed by atoms with Crippen molar-refractivity contribution in [1.29, 1.82) is 0 Å². The van der Waals surface area contributed by atoms with E-state index in [1.165, 1.54) is 5.56 Å². The highest BCUT2D eigenvalue weighted by atomic mass is 16.4. The van der Waals surface area contributed by atoms with Gasteiger partial charge in [-0.05, 0) is 48.1 Å². The van der Waals surface area contributed by atoms with Crippen molar-refractivity contribution >= 4 is 5.97 Å². The molecule has 28 heavy (non-hydrogen) atoms. The number of likely N-dealkylation sites (tertiary alicyclic amines) is 1. The van der Waals surface area contributed by atoms with Gasteiger partial charge in [0.25, 0.3) is 0 Å². The van der Waals surface area contributed by atoms with E-state index in [2.05, 4.69) is 46.3 Å². The van der Waals surface area contributed by atoms with E-state index in [0.29, 0.717) is 6.42 Å². The molecule has 1 aliphatic rings. The number of pyridine rings is 1. The Hall–Kier alpha value is -2.98. The fraction of sp³-hybridized carbons (Fsp3) is 0.250. The fourth-order valence-corrected chi connectivity index (χ4v) is 4.14. The molecule has 0 radical (unpaired) electrons. The van der Waals surface area contributed by atoms with Crippen LogP contribution in [0.3, 0.4) is 0 Å². The Balaban J connectivity index is 1.76. The van der Waals surface area contributed by atoms with Crippen LogP contribution in [0.2, 0.25) is 0 Å². The molecule has 2 aromatic carbocycles. The number of rotatable bonds is 5. The number of carboxylic acids is 1. The molecule has 2 heterocycles. The number of carboxylic acid groups (broad SMARTS) is 1. The van der Waals surface area contributed by atoms with Gasteiger partial charge >= 0.3 is 5.97 Å². The van der Waals surface area contributed by atoms with Gasteiger partial charge in [0.15, 0.2) is 0 Å². The predicted octanol–water partition coefficient (Wildman–Crippen LogP) is 4.70. The first kappa shape index (κ1) is 18.4. The molecule has 1 saturated heterocycles. The van der Waals surface area contributed by atoms with E-state index < -0.39 is 12.0 Å². The Bertz CT molecular complexity index is 954. The van der Waals surface area contributed by atoms with Crippen LogP contribution in [0.25, 0.3) is 11.1 Å². The van der Waals surface area contributed by atoms with Crippen molar-refractivity contribution in [2.24, 2.45) is 0 Å². The Morgan fingerprint density at radius 3 is 2.43 bits per heavy atom. The second-order valence-electron chi connectivity index (χ2n) is 7.33. The molecule has 4 nitrogen and oxygen atoms in total. The maximum absolute atomic E-state index is 11.8. The number of hydrogen-bond acceptors (Lipinski definition) is 3. The maximum atomic E-state index is 11.8. The molecule has 1 N–H and O–H groups in total. The lowest BCUT2D eigenvalue weighted by Gasteiger charge is -2.32. The number of aryl methyl sites for hydroxylation is 1. The molecule has 0 amide bonds. The summed E-state index contributed by atoms with van der Waals surface area (Å²) in [6, 6.07) is 22.0. The van der Waals surface area contributed by atoms with Gasteiger partial charge in [0.1, 0.15) is 6.04 Å². The lowest BCUT2D eigenvalue weighted by molar-refractivity contribution is -0.142. The Labute approximate surface area is 165 Å². The van der Waals surface area contributed by atoms with E-state index in [-0.39, 0.29) is 6.04 Å². The van der Waals surface area contributed by atoms with Gasteiger partial charge in [-0.3, -0.25) is 14.7 Å². The molecule has 0 aliphatic carbocycles. The summed E-state index contributed by atoms with van der Waals surface area (Å²) in [4.78, 5) is 18.6. The van der Waals surface area contributed by atoms with Crippen LogP contribution in [0.1, 0.15) is 35.7 Å². The van der Waals surface area contributed by atoms with Crippen LogP contribution in [0.4, 0.5) is 0 Å². The largest absolute Gasteiger partial charge is 0.480 e. The average molecular weight is 372 g/mol. The maximum Gasteiger partial charge on any atom is 0.320 e. The minimum atomic E-state index is -0.753. The van der Waals surface area contributed by atoms with Gasteiger partial charge in [-0.25, -0.2) is 0 Å². The number of nitrogens with zero attached hydrogens (tertiary/aromatic N) is 2. The molecule has 2 unspecified atom stereocenters. The first-order chi connectivity index (χ1) is 13.6. The minimum absolute atomic E-state index is 0.158. The summed E-state index contributed by atoms with van der Waals surface area (Å²) >= 11 is 0. The molecule has 1 fully saturated rings. The number of benzene rings is 2. The smallest absolute Gasteiger partial charge is 0.320 e. The van der Waals surface area contributed by atoms with E-state index in [1.54, 1.807) is 6.20 Å². The molecule has 0 spiro atoms. The van der Waals surface area contributed by atoms with Crippen LogP contribution in [0.15, 0.2) is 72.9 Å². The number of aliphatic carboxylic acids is 1. The molecule has 0 saturated carbocycles. The zero-order valence-corrected chi connectivity index (χ0v) is 16.0.